The Kier molecular flexibility index (Phi) is 9.53. The number of fused-ring (bicyclic) bond motifs is 1. The van der Waals surface area contributed by atoms with Crippen LogP contribution in [0.25, 0.3) is 0 Å². The Labute approximate surface area is 202 Å². The summed E-state index contributed by atoms with van der Waals surface area (Å²) in [7, 11) is 1.51. The van der Waals surface area contributed by atoms with Crippen molar-refractivity contribution in [3.8, 4) is 11.5 Å². The molecule has 0 spiro atoms. The van der Waals surface area contributed by atoms with Gasteiger partial charge in [0.05, 0.1) is 19.8 Å². The average Bonchev–Trinajstić information content (AvgIpc) is 3.51. The Morgan fingerprint density at radius 1 is 1.12 bits per heavy atom. The predicted octanol–water partition coefficient (Wildman–Crippen LogP) is 2.23. The molecule has 0 saturated carbocycles. The minimum Gasteiger partial charge on any atom is -0.465 e. The van der Waals surface area contributed by atoms with Gasteiger partial charge in [-0.2, -0.15) is 0 Å². The molecule has 1 aromatic heterocycles. The molecule has 3 amide bonds. The molecule has 0 unspecified atom stereocenters. The lowest BCUT2D eigenvalue weighted by atomic mass is 10.2. The van der Waals surface area contributed by atoms with Gasteiger partial charge in [0.2, 0.25) is 12.7 Å². The van der Waals surface area contributed by atoms with E-state index in [-0.39, 0.29) is 45.5 Å². The van der Waals surface area contributed by atoms with Crippen molar-refractivity contribution in [2.45, 2.75) is 20.0 Å². The minimum absolute atomic E-state index is 0.173. The van der Waals surface area contributed by atoms with Crippen LogP contribution in [0.4, 0.5) is 4.79 Å². The average molecular weight is 492 g/mol. The summed E-state index contributed by atoms with van der Waals surface area (Å²) in [5.74, 6) is 0.523. The molecule has 1 aromatic carbocycles. The highest BCUT2D eigenvalue weighted by Gasteiger charge is 2.23. The lowest BCUT2D eigenvalue weighted by molar-refractivity contribution is -0.141. The number of urea groups is 1. The van der Waals surface area contributed by atoms with Crippen LogP contribution in [0.1, 0.15) is 17.4 Å². The van der Waals surface area contributed by atoms with Crippen LogP contribution in [0.3, 0.4) is 0 Å². The van der Waals surface area contributed by atoms with Crippen LogP contribution in [-0.2, 0) is 32.2 Å². The molecule has 1 aliphatic rings. The van der Waals surface area contributed by atoms with E-state index in [1.807, 2.05) is 35.7 Å². The fourth-order valence-electron chi connectivity index (χ4n) is 3.27. The van der Waals surface area contributed by atoms with Gasteiger partial charge < -0.3 is 34.1 Å². The molecule has 0 bridgehead atoms. The van der Waals surface area contributed by atoms with Gasteiger partial charge in [-0.15, -0.1) is 11.3 Å². The second kappa shape index (κ2) is 12.8. The molecule has 2 heterocycles. The molecule has 0 aliphatic carbocycles. The molecule has 1 N–H and O–H groups in total. The highest BCUT2D eigenvalue weighted by molar-refractivity contribution is 7.09. The topological polar surface area (TPSA) is 107 Å². The van der Waals surface area contributed by atoms with Gasteiger partial charge in [-0.3, -0.25) is 9.59 Å². The molecule has 184 valence electrons. The normalized spacial score (nSPS) is 11.7. The first-order chi connectivity index (χ1) is 16.5. The van der Waals surface area contributed by atoms with Crippen molar-refractivity contribution in [2.24, 2.45) is 0 Å². The third-order valence-electron chi connectivity index (χ3n) is 4.96. The molecular formula is C23H29N3O7S. The number of ether oxygens (including phenoxy) is 4. The number of carbonyl (C=O) groups excluding carboxylic acids is 3. The maximum absolute atomic E-state index is 13.3. The van der Waals surface area contributed by atoms with Crippen LogP contribution in [0.2, 0.25) is 0 Å². The molecule has 11 heteroatoms. The van der Waals surface area contributed by atoms with E-state index in [1.54, 1.807) is 23.2 Å². The monoisotopic (exact) mass is 491 g/mol. The Hall–Kier alpha value is -3.31. The van der Waals surface area contributed by atoms with Gasteiger partial charge in [-0.05, 0) is 36.1 Å². The van der Waals surface area contributed by atoms with Crippen molar-refractivity contribution in [1.82, 2.24) is 15.1 Å². The van der Waals surface area contributed by atoms with Gasteiger partial charge in [0.25, 0.3) is 0 Å². The summed E-state index contributed by atoms with van der Waals surface area (Å²) < 4.78 is 20.7. The zero-order chi connectivity index (χ0) is 24.3. The van der Waals surface area contributed by atoms with Crippen LogP contribution in [-0.4, -0.2) is 74.5 Å². The number of esters is 1. The quantitative estimate of drug-likeness (QED) is 0.454. The minimum atomic E-state index is -0.545. The van der Waals surface area contributed by atoms with Gasteiger partial charge in [0.1, 0.15) is 13.1 Å². The SMILES string of the molecule is CCOC(=O)CNC(=O)N(CCOC)CC(=O)N(Cc1ccc2c(c1)OCO2)Cc1cccs1. The number of rotatable bonds is 12. The van der Waals surface area contributed by atoms with Crippen molar-refractivity contribution in [3.63, 3.8) is 0 Å². The molecule has 10 nitrogen and oxygen atoms in total. The number of methoxy groups -OCH3 is 1. The van der Waals surface area contributed by atoms with Crippen LogP contribution in [0, 0.1) is 0 Å². The third kappa shape index (κ3) is 7.35. The number of thiophene rings is 1. The summed E-state index contributed by atoms with van der Waals surface area (Å²) in [6.07, 6.45) is 0. The van der Waals surface area contributed by atoms with Crippen molar-refractivity contribution in [3.05, 3.63) is 46.2 Å². The maximum atomic E-state index is 13.3. The number of nitrogens with zero attached hydrogens (tertiary/aromatic N) is 2. The largest absolute Gasteiger partial charge is 0.465 e. The molecule has 1 aliphatic heterocycles. The molecule has 0 saturated heterocycles. The Morgan fingerprint density at radius 2 is 1.94 bits per heavy atom. The molecule has 0 fully saturated rings. The van der Waals surface area contributed by atoms with Gasteiger partial charge in [0, 0.05) is 25.1 Å². The molecule has 3 rings (SSSR count). The summed E-state index contributed by atoms with van der Waals surface area (Å²) >= 11 is 1.55. The lowest BCUT2D eigenvalue weighted by Gasteiger charge is -2.27. The standard InChI is InChI=1S/C23H29N3O7S/c1-3-31-22(28)12-24-23(29)25(8-9-30-2)15-21(27)26(14-18-5-4-10-34-18)13-17-6-7-19-20(11-17)33-16-32-19/h4-7,10-11H,3,8-9,12-16H2,1-2H3,(H,24,29). The zero-order valence-electron chi connectivity index (χ0n) is 19.3. The first-order valence-electron chi connectivity index (χ1n) is 10.9. The second-order valence-corrected chi connectivity index (χ2v) is 8.43. The first-order valence-corrected chi connectivity index (χ1v) is 11.7. The fourth-order valence-corrected chi connectivity index (χ4v) is 3.99. The lowest BCUT2D eigenvalue weighted by Crippen LogP contribution is -2.48. The smallest absolute Gasteiger partial charge is 0.325 e. The first kappa shape index (κ1) is 25.3. The van der Waals surface area contributed by atoms with Crippen LogP contribution in [0.5, 0.6) is 11.5 Å². The summed E-state index contributed by atoms with van der Waals surface area (Å²) in [5.41, 5.74) is 0.879. The van der Waals surface area contributed by atoms with E-state index in [0.29, 0.717) is 24.6 Å². The zero-order valence-corrected chi connectivity index (χ0v) is 20.1. The number of hydrogen-bond acceptors (Lipinski definition) is 8. The Balaban J connectivity index is 1.70. The van der Waals surface area contributed by atoms with Crippen molar-refractivity contribution in [2.75, 3.05) is 46.8 Å². The summed E-state index contributed by atoms with van der Waals surface area (Å²) in [6.45, 7) is 2.79. The number of benzene rings is 1. The number of amides is 3. The maximum Gasteiger partial charge on any atom is 0.325 e. The van der Waals surface area contributed by atoms with Crippen molar-refractivity contribution < 1.29 is 33.3 Å². The highest BCUT2D eigenvalue weighted by Crippen LogP contribution is 2.33. The van der Waals surface area contributed by atoms with E-state index in [9.17, 15) is 14.4 Å². The van der Waals surface area contributed by atoms with E-state index in [4.69, 9.17) is 18.9 Å². The third-order valence-corrected chi connectivity index (χ3v) is 5.82. The van der Waals surface area contributed by atoms with E-state index in [0.717, 1.165) is 10.4 Å². The molecule has 0 atom stereocenters. The molecule has 0 radical (unpaired) electrons. The van der Waals surface area contributed by atoms with E-state index in [1.165, 1.54) is 12.0 Å². The van der Waals surface area contributed by atoms with Gasteiger partial charge in [0.15, 0.2) is 11.5 Å². The molecule has 2 aromatic rings. The summed E-state index contributed by atoms with van der Waals surface area (Å²) in [5, 5.41) is 4.45. The highest BCUT2D eigenvalue weighted by atomic mass is 32.1. The Bertz CT molecular complexity index is 967. The summed E-state index contributed by atoms with van der Waals surface area (Å²) in [6, 6.07) is 8.90. The van der Waals surface area contributed by atoms with Crippen LogP contribution >= 0.6 is 11.3 Å². The van der Waals surface area contributed by atoms with Crippen molar-refractivity contribution >= 4 is 29.2 Å². The second-order valence-electron chi connectivity index (χ2n) is 7.39. The van der Waals surface area contributed by atoms with E-state index in [2.05, 4.69) is 5.32 Å². The van der Waals surface area contributed by atoms with Crippen molar-refractivity contribution in [1.29, 1.82) is 0 Å². The van der Waals surface area contributed by atoms with Crippen LogP contribution in [0.15, 0.2) is 35.7 Å². The molecular weight excluding hydrogens is 462 g/mol. The Morgan fingerprint density at radius 3 is 2.68 bits per heavy atom. The predicted molar refractivity (Wildman–Crippen MR) is 125 cm³/mol. The van der Waals surface area contributed by atoms with Gasteiger partial charge >= 0.3 is 12.0 Å². The van der Waals surface area contributed by atoms with Crippen LogP contribution < -0.4 is 14.8 Å². The number of carbonyl (C=O) groups is 3. The molecule has 34 heavy (non-hydrogen) atoms. The fraction of sp³-hybridized carbons (Fsp3) is 0.435. The van der Waals surface area contributed by atoms with E-state index < -0.39 is 12.0 Å². The van der Waals surface area contributed by atoms with Gasteiger partial charge in [-0.1, -0.05) is 12.1 Å². The number of hydrogen-bond donors (Lipinski definition) is 1. The van der Waals surface area contributed by atoms with Gasteiger partial charge in [-0.25, -0.2) is 4.79 Å². The van der Waals surface area contributed by atoms with E-state index >= 15 is 0 Å². The number of nitrogens with one attached hydrogen (secondary N) is 1. The summed E-state index contributed by atoms with van der Waals surface area (Å²) in [4.78, 5) is 41.6.